The minimum Gasteiger partial charge on any atom is -0.229 e. The third-order valence-electron chi connectivity index (χ3n) is 1.62. The molecule has 0 saturated heterocycles. The van der Waals surface area contributed by atoms with Gasteiger partial charge in [-0.15, -0.1) is 0 Å². The van der Waals surface area contributed by atoms with Gasteiger partial charge >= 0.3 is 0 Å². The van der Waals surface area contributed by atoms with Gasteiger partial charge in [0.15, 0.2) is 0 Å². The summed E-state index contributed by atoms with van der Waals surface area (Å²) in [4.78, 5) is 0. The summed E-state index contributed by atoms with van der Waals surface area (Å²) in [7, 11) is -2.71. The van der Waals surface area contributed by atoms with Crippen molar-refractivity contribution in [2.24, 2.45) is 0 Å². The molecule has 0 fully saturated rings. The summed E-state index contributed by atoms with van der Waals surface area (Å²) < 4.78 is 22.3. The first kappa shape index (κ1) is 15.0. The van der Waals surface area contributed by atoms with Gasteiger partial charge in [-0.3, -0.25) is 0 Å². The monoisotopic (exact) mass is 229 g/mol. The fraction of sp³-hybridized carbons (Fsp3) is 1.00. The average Bonchev–Trinajstić information content (AvgIpc) is 1.97. The quantitative estimate of drug-likeness (QED) is 0.698. The van der Waals surface area contributed by atoms with E-state index in [2.05, 4.69) is 0 Å². The molecule has 12 heavy (non-hydrogen) atoms. The Bertz CT molecular complexity index is 161. The molecule has 0 amide bonds. The third-order valence-corrected chi connectivity index (χ3v) is 3.44. The predicted molar refractivity (Wildman–Crippen MR) is 48.5 cm³/mol. The number of hydrogen-bond acceptors (Lipinski definition) is 2. The molecule has 1 radical (unpaired) electrons. The van der Waals surface area contributed by atoms with E-state index >= 15 is 0 Å². The molecule has 4 heteroatoms. The van der Waals surface area contributed by atoms with E-state index in [1.807, 2.05) is 13.8 Å². The van der Waals surface area contributed by atoms with Crippen LogP contribution in [-0.2, 0) is 28.4 Å². The van der Waals surface area contributed by atoms with E-state index in [1.54, 1.807) is 0 Å². The Balaban J connectivity index is 0. The molecule has 2 nitrogen and oxygen atoms in total. The van der Waals surface area contributed by atoms with Crippen molar-refractivity contribution in [1.82, 2.24) is 0 Å². The largest absolute Gasteiger partial charge is 0.229 e. The molecule has 0 aliphatic heterocycles. The standard InChI is InChI=1S/C8H18O2S.V/c1-3-5-7-11(9,10)8-6-4-2;/h3-8H2,1-2H3;. The Morgan fingerprint density at radius 1 is 0.917 bits per heavy atom. The van der Waals surface area contributed by atoms with E-state index in [9.17, 15) is 8.42 Å². The minimum absolute atomic E-state index is 0. The molecule has 0 rings (SSSR count). The van der Waals surface area contributed by atoms with E-state index in [0.717, 1.165) is 25.7 Å². The van der Waals surface area contributed by atoms with Crippen molar-refractivity contribution in [2.75, 3.05) is 11.5 Å². The van der Waals surface area contributed by atoms with Gasteiger partial charge in [-0.1, -0.05) is 26.7 Å². The van der Waals surface area contributed by atoms with Gasteiger partial charge in [0, 0.05) is 18.6 Å². The van der Waals surface area contributed by atoms with Gasteiger partial charge in [0.1, 0.15) is 9.84 Å². The van der Waals surface area contributed by atoms with Crippen molar-refractivity contribution in [2.45, 2.75) is 39.5 Å². The second-order valence-corrected chi connectivity index (χ2v) is 5.16. The summed E-state index contributed by atoms with van der Waals surface area (Å²) in [5, 5.41) is 0. The number of sulfone groups is 1. The molecule has 0 unspecified atom stereocenters. The van der Waals surface area contributed by atoms with E-state index in [4.69, 9.17) is 0 Å². The van der Waals surface area contributed by atoms with Crippen LogP contribution in [0.4, 0.5) is 0 Å². The molecular weight excluding hydrogens is 211 g/mol. The molecule has 0 aromatic carbocycles. The Kier molecular flexibility index (Phi) is 10.2. The number of unbranched alkanes of at least 4 members (excludes halogenated alkanes) is 2. The molecule has 0 heterocycles. The van der Waals surface area contributed by atoms with Crippen LogP contribution in [0.3, 0.4) is 0 Å². The van der Waals surface area contributed by atoms with Crippen LogP contribution >= 0.6 is 0 Å². The second kappa shape index (κ2) is 8.15. The summed E-state index contributed by atoms with van der Waals surface area (Å²) >= 11 is 0. The molecule has 0 aromatic rings. The second-order valence-electron chi connectivity index (χ2n) is 2.86. The van der Waals surface area contributed by atoms with Crippen molar-refractivity contribution in [1.29, 1.82) is 0 Å². The van der Waals surface area contributed by atoms with E-state index in [1.165, 1.54) is 0 Å². The van der Waals surface area contributed by atoms with Crippen LogP contribution in [0.25, 0.3) is 0 Å². The zero-order chi connectivity index (χ0) is 8.74. The van der Waals surface area contributed by atoms with Crippen LogP contribution in [0.5, 0.6) is 0 Å². The molecule has 0 bridgehead atoms. The van der Waals surface area contributed by atoms with Crippen molar-refractivity contribution < 1.29 is 27.0 Å². The predicted octanol–water partition coefficient (Wildman–Crippen LogP) is 2.00. The SMILES string of the molecule is CCCCS(=O)(=O)CCCC.[V]. The fourth-order valence-electron chi connectivity index (χ4n) is 0.831. The third kappa shape index (κ3) is 8.63. The minimum atomic E-state index is -2.71. The maximum Gasteiger partial charge on any atom is 0.150 e. The molecule has 0 saturated carbocycles. The number of rotatable bonds is 6. The van der Waals surface area contributed by atoms with Gasteiger partial charge in [-0.25, -0.2) is 8.42 Å². The van der Waals surface area contributed by atoms with Crippen LogP contribution in [0.15, 0.2) is 0 Å². The molecular formula is C8H18O2SV. The molecule has 0 N–H and O–H groups in total. The van der Waals surface area contributed by atoms with E-state index < -0.39 is 9.84 Å². The van der Waals surface area contributed by atoms with Crippen LogP contribution in [-0.4, -0.2) is 19.9 Å². The maximum absolute atomic E-state index is 11.1. The van der Waals surface area contributed by atoms with Crippen LogP contribution < -0.4 is 0 Å². The molecule has 0 aliphatic rings. The zero-order valence-electron chi connectivity index (χ0n) is 7.91. The molecule has 0 atom stereocenters. The van der Waals surface area contributed by atoms with Crippen molar-refractivity contribution >= 4 is 9.84 Å². The average molecular weight is 229 g/mol. The normalized spacial score (nSPS) is 10.8. The van der Waals surface area contributed by atoms with Gasteiger partial charge in [-0.05, 0) is 12.8 Å². The first-order valence-electron chi connectivity index (χ1n) is 4.32. The van der Waals surface area contributed by atoms with Crippen molar-refractivity contribution in [3.05, 3.63) is 0 Å². The Hall–Kier alpha value is 0.534. The summed E-state index contributed by atoms with van der Waals surface area (Å²) in [6, 6.07) is 0. The maximum atomic E-state index is 11.1. The van der Waals surface area contributed by atoms with Gasteiger partial charge in [0.2, 0.25) is 0 Å². The summed E-state index contributed by atoms with van der Waals surface area (Å²) in [6.45, 7) is 4.02. The van der Waals surface area contributed by atoms with Crippen molar-refractivity contribution in [3.63, 3.8) is 0 Å². The first-order valence-corrected chi connectivity index (χ1v) is 6.15. The number of hydrogen-bond donors (Lipinski definition) is 0. The molecule has 0 aliphatic carbocycles. The Labute approximate surface area is 87.9 Å². The first-order chi connectivity index (χ1) is 5.12. The van der Waals surface area contributed by atoms with Gasteiger partial charge in [-0.2, -0.15) is 0 Å². The summed E-state index contributed by atoms with van der Waals surface area (Å²) in [5.41, 5.74) is 0. The molecule has 73 valence electrons. The molecule has 0 spiro atoms. The van der Waals surface area contributed by atoms with Gasteiger partial charge < -0.3 is 0 Å². The van der Waals surface area contributed by atoms with Crippen LogP contribution in [0.2, 0.25) is 0 Å². The Morgan fingerprint density at radius 3 is 1.50 bits per heavy atom. The fourth-order valence-corrected chi connectivity index (χ4v) is 2.49. The summed E-state index contributed by atoms with van der Waals surface area (Å²) in [6.07, 6.45) is 3.55. The van der Waals surface area contributed by atoms with Crippen LogP contribution in [0.1, 0.15) is 39.5 Å². The topological polar surface area (TPSA) is 34.1 Å². The molecule has 0 aromatic heterocycles. The Morgan fingerprint density at radius 2 is 1.25 bits per heavy atom. The van der Waals surface area contributed by atoms with Crippen LogP contribution in [0, 0.1) is 0 Å². The van der Waals surface area contributed by atoms with E-state index in [-0.39, 0.29) is 18.6 Å². The smallest absolute Gasteiger partial charge is 0.150 e. The zero-order valence-corrected chi connectivity index (χ0v) is 10.1. The summed E-state index contributed by atoms with van der Waals surface area (Å²) in [5.74, 6) is 0.757. The van der Waals surface area contributed by atoms with Crippen molar-refractivity contribution in [3.8, 4) is 0 Å². The van der Waals surface area contributed by atoms with E-state index in [0.29, 0.717) is 11.5 Å². The van der Waals surface area contributed by atoms with Gasteiger partial charge in [0.05, 0.1) is 11.5 Å². The van der Waals surface area contributed by atoms with Gasteiger partial charge in [0.25, 0.3) is 0 Å².